The van der Waals surface area contributed by atoms with Gasteiger partial charge in [-0.3, -0.25) is 9.78 Å². The van der Waals surface area contributed by atoms with Gasteiger partial charge < -0.3 is 15.2 Å². The molecule has 0 spiro atoms. The molecule has 1 aromatic rings. The lowest BCUT2D eigenvalue weighted by atomic mass is 10.1. The molecular weight excluding hydrogens is 244 g/mol. The summed E-state index contributed by atoms with van der Waals surface area (Å²) in [6, 6.07) is 3.95. The molecule has 0 aromatic carbocycles. The molecule has 0 saturated heterocycles. The molecule has 1 rings (SSSR count). The lowest BCUT2D eigenvalue weighted by Gasteiger charge is -2.09. The number of hydrogen-bond acceptors (Lipinski definition) is 5. The Bertz CT molecular complexity index is 379. The van der Waals surface area contributed by atoms with E-state index in [0.717, 1.165) is 18.5 Å². The summed E-state index contributed by atoms with van der Waals surface area (Å²) in [5.74, 6) is 0.490. The van der Waals surface area contributed by atoms with Gasteiger partial charge in [-0.25, -0.2) is 0 Å². The average Bonchev–Trinajstić information content (AvgIpc) is 2.44. The van der Waals surface area contributed by atoms with Crippen molar-refractivity contribution < 1.29 is 14.3 Å². The second kappa shape index (κ2) is 8.48. The van der Waals surface area contributed by atoms with Crippen molar-refractivity contribution in [3.05, 3.63) is 24.0 Å². The minimum atomic E-state index is -0.217. The van der Waals surface area contributed by atoms with Gasteiger partial charge in [0.2, 0.25) is 0 Å². The average molecular weight is 266 g/mol. The fraction of sp³-hybridized carbons (Fsp3) is 0.571. The van der Waals surface area contributed by atoms with E-state index in [0.29, 0.717) is 25.2 Å². The Morgan fingerprint density at radius 2 is 2.26 bits per heavy atom. The van der Waals surface area contributed by atoms with Gasteiger partial charge in [0, 0.05) is 24.6 Å². The second-order valence-electron chi connectivity index (χ2n) is 4.39. The van der Waals surface area contributed by atoms with E-state index in [1.165, 1.54) is 7.11 Å². The number of carbonyl (C=O) groups excluding carboxylic acids is 1. The van der Waals surface area contributed by atoms with E-state index in [4.69, 9.17) is 10.5 Å². The molecule has 1 atom stereocenters. The molecule has 5 heteroatoms. The van der Waals surface area contributed by atoms with Crippen molar-refractivity contribution in [3.8, 4) is 5.75 Å². The third-order valence-electron chi connectivity index (χ3n) is 2.81. The summed E-state index contributed by atoms with van der Waals surface area (Å²) >= 11 is 0. The van der Waals surface area contributed by atoms with Crippen molar-refractivity contribution in [2.75, 3.05) is 13.7 Å². The van der Waals surface area contributed by atoms with E-state index in [2.05, 4.69) is 16.6 Å². The number of rotatable bonds is 8. The fourth-order valence-corrected chi connectivity index (χ4v) is 1.54. The van der Waals surface area contributed by atoms with E-state index >= 15 is 0 Å². The number of methoxy groups -OCH3 is 1. The molecule has 0 aliphatic carbocycles. The van der Waals surface area contributed by atoms with Gasteiger partial charge in [0.05, 0.1) is 19.9 Å². The summed E-state index contributed by atoms with van der Waals surface area (Å²) in [5.41, 5.74) is 6.84. The topological polar surface area (TPSA) is 74.4 Å². The molecule has 19 heavy (non-hydrogen) atoms. The van der Waals surface area contributed by atoms with E-state index in [1.807, 2.05) is 12.1 Å². The summed E-state index contributed by atoms with van der Waals surface area (Å²) in [5, 5.41) is 0. The summed E-state index contributed by atoms with van der Waals surface area (Å²) in [6.45, 7) is 2.54. The first-order valence-corrected chi connectivity index (χ1v) is 6.55. The first-order chi connectivity index (χ1) is 9.15. The highest BCUT2D eigenvalue weighted by molar-refractivity contribution is 5.68. The third kappa shape index (κ3) is 6.20. The molecular formula is C14H22N2O3. The van der Waals surface area contributed by atoms with Gasteiger partial charge in [0.1, 0.15) is 5.75 Å². The Morgan fingerprint density at radius 3 is 2.84 bits per heavy atom. The van der Waals surface area contributed by atoms with Crippen LogP contribution in [0.15, 0.2) is 18.3 Å². The molecule has 5 nitrogen and oxygen atoms in total. The monoisotopic (exact) mass is 266 g/mol. The summed E-state index contributed by atoms with van der Waals surface area (Å²) in [6.07, 6.45) is 4.41. The molecule has 106 valence electrons. The largest absolute Gasteiger partial charge is 0.492 e. The molecule has 0 saturated carbocycles. The van der Waals surface area contributed by atoms with Crippen LogP contribution in [0.1, 0.15) is 31.9 Å². The van der Waals surface area contributed by atoms with Crippen molar-refractivity contribution in [1.82, 2.24) is 4.98 Å². The maximum Gasteiger partial charge on any atom is 0.305 e. The van der Waals surface area contributed by atoms with Crippen LogP contribution in [0.2, 0.25) is 0 Å². The van der Waals surface area contributed by atoms with Crippen molar-refractivity contribution >= 4 is 5.97 Å². The van der Waals surface area contributed by atoms with E-state index in [-0.39, 0.29) is 12.0 Å². The summed E-state index contributed by atoms with van der Waals surface area (Å²) in [7, 11) is 1.38. The molecule has 1 aromatic heterocycles. The van der Waals surface area contributed by atoms with Gasteiger partial charge >= 0.3 is 5.97 Å². The molecule has 0 amide bonds. The Morgan fingerprint density at radius 1 is 1.47 bits per heavy atom. The number of hydrogen-bond donors (Lipinski definition) is 1. The minimum Gasteiger partial charge on any atom is -0.492 e. The highest BCUT2D eigenvalue weighted by Gasteiger charge is 2.04. The number of pyridine rings is 1. The molecule has 0 fully saturated rings. The quantitative estimate of drug-likeness (QED) is 0.572. The predicted molar refractivity (Wildman–Crippen MR) is 73.0 cm³/mol. The SMILES string of the molecule is CCC(N)Cc1ccc(OCCCC(=O)OC)cn1. The molecule has 0 radical (unpaired) electrons. The van der Waals surface area contributed by atoms with Crippen LogP contribution in [0.3, 0.4) is 0 Å². The predicted octanol–water partition coefficient (Wildman–Crippen LogP) is 1.69. The van der Waals surface area contributed by atoms with Crippen molar-refractivity contribution in [3.63, 3.8) is 0 Å². The summed E-state index contributed by atoms with van der Waals surface area (Å²) in [4.78, 5) is 15.2. The van der Waals surface area contributed by atoms with Crippen molar-refractivity contribution in [2.45, 2.75) is 38.6 Å². The molecule has 1 unspecified atom stereocenters. The summed E-state index contributed by atoms with van der Waals surface area (Å²) < 4.78 is 10.0. The number of aromatic nitrogens is 1. The Labute approximate surface area is 114 Å². The maximum absolute atomic E-state index is 10.9. The molecule has 0 aliphatic heterocycles. The fourth-order valence-electron chi connectivity index (χ4n) is 1.54. The zero-order valence-electron chi connectivity index (χ0n) is 11.6. The van der Waals surface area contributed by atoms with Gasteiger partial charge in [-0.05, 0) is 25.0 Å². The molecule has 1 heterocycles. The normalized spacial score (nSPS) is 11.9. The van der Waals surface area contributed by atoms with Crippen LogP contribution >= 0.6 is 0 Å². The van der Waals surface area contributed by atoms with Gasteiger partial charge in [-0.2, -0.15) is 0 Å². The Hall–Kier alpha value is -1.62. The van der Waals surface area contributed by atoms with Gasteiger partial charge in [-0.15, -0.1) is 0 Å². The minimum absolute atomic E-state index is 0.152. The molecule has 0 aliphatic rings. The number of nitrogens with zero attached hydrogens (tertiary/aromatic N) is 1. The van der Waals surface area contributed by atoms with E-state index < -0.39 is 0 Å². The van der Waals surface area contributed by atoms with Crippen LogP contribution < -0.4 is 10.5 Å². The Kier molecular flexibility index (Phi) is 6.89. The standard InChI is InChI=1S/C14H22N2O3/c1-3-11(15)9-12-6-7-13(10-16-12)19-8-4-5-14(17)18-2/h6-7,10-11H,3-5,8-9,15H2,1-2H3. The number of nitrogens with two attached hydrogens (primary N) is 1. The zero-order chi connectivity index (χ0) is 14.1. The van der Waals surface area contributed by atoms with Gasteiger partial charge in [-0.1, -0.05) is 6.92 Å². The first kappa shape index (κ1) is 15.4. The number of esters is 1. The first-order valence-electron chi connectivity index (χ1n) is 6.55. The smallest absolute Gasteiger partial charge is 0.305 e. The molecule has 0 bridgehead atoms. The number of ether oxygens (including phenoxy) is 2. The van der Waals surface area contributed by atoms with E-state index in [9.17, 15) is 4.79 Å². The highest BCUT2D eigenvalue weighted by Crippen LogP contribution is 2.11. The van der Waals surface area contributed by atoms with E-state index in [1.54, 1.807) is 6.20 Å². The van der Waals surface area contributed by atoms with Crippen molar-refractivity contribution in [1.29, 1.82) is 0 Å². The lowest BCUT2D eigenvalue weighted by molar-refractivity contribution is -0.140. The number of carbonyl (C=O) groups is 1. The van der Waals surface area contributed by atoms with Crippen LogP contribution in [0.4, 0.5) is 0 Å². The highest BCUT2D eigenvalue weighted by atomic mass is 16.5. The van der Waals surface area contributed by atoms with Crippen LogP contribution in [0, 0.1) is 0 Å². The van der Waals surface area contributed by atoms with Gasteiger partial charge in [0.25, 0.3) is 0 Å². The third-order valence-corrected chi connectivity index (χ3v) is 2.81. The second-order valence-corrected chi connectivity index (χ2v) is 4.39. The van der Waals surface area contributed by atoms with Crippen LogP contribution in [0.25, 0.3) is 0 Å². The molecule has 2 N–H and O–H groups in total. The van der Waals surface area contributed by atoms with Crippen LogP contribution in [-0.4, -0.2) is 30.7 Å². The zero-order valence-corrected chi connectivity index (χ0v) is 11.6. The van der Waals surface area contributed by atoms with Crippen LogP contribution in [0.5, 0.6) is 5.75 Å². The lowest BCUT2D eigenvalue weighted by Crippen LogP contribution is -2.21. The maximum atomic E-state index is 10.9. The van der Waals surface area contributed by atoms with Gasteiger partial charge in [0.15, 0.2) is 0 Å². The van der Waals surface area contributed by atoms with Crippen molar-refractivity contribution in [2.24, 2.45) is 5.73 Å². The van der Waals surface area contributed by atoms with Crippen LogP contribution in [-0.2, 0) is 16.0 Å². The Balaban J connectivity index is 2.30.